The van der Waals surface area contributed by atoms with Gasteiger partial charge in [-0.2, -0.15) is 0 Å². The number of aryl methyl sites for hydroxylation is 1. The molecular formula is C14H18N2O3. The first-order chi connectivity index (χ1) is 8.90. The molecule has 102 valence electrons. The first kappa shape index (κ1) is 13.4. The molecule has 0 bridgehead atoms. The number of carbonyl (C=O) groups excluding carboxylic acids is 1. The molecule has 1 aliphatic rings. The van der Waals surface area contributed by atoms with E-state index in [1.54, 1.807) is 23.1 Å². The van der Waals surface area contributed by atoms with Gasteiger partial charge in [-0.05, 0) is 30.5 Å². The molecule has 1 aromatic carbocycles. The number of hydrogen-bond donors (Lipinski definition) is 2. The van der Waals surface area contributed by atoms with Crippen molar-refractivity contribution in [2.45, 2.75) is 13.8 Å². The molecule has 2 atom stereocenters. The SMILES string of the molecule is Cc1ccc(C(=O)N2C[C@@H](C)[C@H](C(=O)O)C2)cc1N. The summed E-state index contributed by atoms with van der Waals surface area (Å²) in [6, 6.07) is 5.18. The maximum Gasteiger partial charge on any atom is 0.308 e. The van der Waals surface area contributed by atoms with E-state index in [0.717, 1.165) is 5.56 Å². The van der Waals surface area contributed by atoms with Crippen LogP contribution >= 0.6 is 0 Å². The average molecular weight is 262 g/mol. The summed E-state index contributed by atoms with van der Waals surface area (Å²) in [5.41, 5.74) is 7.81. The van der Waals surface area contributed by atoms with E-state index >= 15 is 0 Å². The van der Waals surface area contributed by atoms with Gasteiger partial charge in [-0.15, -0.1) is 0 Å². The third-order valence-electron chi connectivity index (χ3n) is 3.74. The van der Waals surface area contributed by atoms with Crippen LogP contribution in [0.1, 0.15) is 22.8 Å². The van der Waals surface area contributed by atoms with Gasteiger partial charge in [0.25, 0.3) is 5.91 Å². The number of likely N-dealkylation sites (tertiary alicyclic amines) is 1. The van der Waals surface area contributed by atoms with Crippen LogP contribution < -0.4 is 5.73 Å². The van der Waals surface area contributed by atoms with Gasteiger partial charge in [0.05, 0.1) is 5.92 Å². The highest BCUT2D eigenvalue weighted by Crippen LogP contribution is 2.25. The zero-order chi connectivity index (χ0) is 14.2. The Kier molecular flexibility index (Phi) is 3.46. The summed E-state index contributed by atoms with van der Waals surface area (Å²) < 4.78 is 0. The predicted octanol–water partition coefficient (Wildman–Crippen LogP) is 1.37. The summed E-state index contributed by atoms with van der Waals surface area (Å²) in [6.45, 7) is 4.48. The molecule has 19 heavy (non-hydrogen) atoms. The van der Waals surface area contributed by atoms with Crippen molar-refractivity contribution in [3.8, 4) is 0 Å². The van der Waals surface area contributed by atoms with Gasteiger partial charge in [0.2, 0.25) is 0 Å². The number of nitrogens with two attached hydrogens (primary N) is 1. The maximum atomic E-state index is 12.3. The molecule has 1 heterocycles. The summed E-state index contributed by atoms with van der Waals surface area (Å²) >= 11 is 0. The van der Waals surface area contributed by atoms with E-state index in [1.807, 2.05) is 13.8 Å². The summed E-state index contributed by atoms with van der Waals surface area (Å²) in [4.78, 5) is 24.9. The number of carboxylic acid groups (broad SMARTS) is 1. The molecule has 0 radical (unpaired) electrons. The minimum Gasteiger partial charge on any atom is -0.481 e. The summed E-state index contributed by atoms with van der Waals surface area (Å²) in [5, 5.41) is 9.08. The Labute approximate surface area is 112 Å². The van der Waals surface area contributed by atoms with Crippen LogP contribution in [0, 0.1) is 18.8 Å². The van der Waals surface area contributed by atoms with Crippen molar-refractivity contribution < 1.29 is 14.7 Å². The molecule has 0 aliphatic carbocycles. The molecule has 0 saturated carbocycles. The first-order valence-electron chi connectivity index (χ1n) is 6.28. The van der Waals surface area contributed by atoms with Crippen molar-refractivity contribution >= 4 is 17.6 Å². The van der Waals surface area contributed by atoms with Crippen molar-refractivity contribution in [1.82, 2.24) is 4.90 Å². The van der Waals surface area contributed by atoms with Crippen LogP contribution in [0.15, 0.2) is 18.2 Å². The van der Waals surface area contributed by atoms with Gasteiger partial charge < -0.3 is 15.7 Å². The zero-order valence-corrected chi connectivity index (χ0v) is 11.1. The number of anilines is 1. The third kappa shape index (κ3) is 2.54. The Morgan fingerprint density at radius 2 is 2.05 bits per heavy atom. The van der Waals surface area contributed by atoms with E-state index in [1.165, 1.54) is 0 Å². The molecule has 3 N–H and O–H groups in total. The molecule has 5 heteroatoms. The highest BCUT2D eigenvalue weighted by atomic mass is 16.4. The minimum absolute atomic E-state index is 0.0238. The van der Waals surface area contributed by atoms with Crippen LogP contribution in [0.4, 0.5) is 5.69 Å². The lowest BCUT2D eigenvalue weighted by molar-refractivity contribution is -0.142. The van der Waals surface area contributed by atoms with E-state index in [9.17, 15) is 9.59 Å². The van der Waals surface area contributed by atoms with Crippen molar-refractivity contribution in [1.29, 1.82) is 0 Å². The maximum absolute atomic E-state index is 12.3. The van der Waals surface area contributed by atoms with E-state index < -0.39 is 11.9 Å². The van der Waals surface area contributed by atoms with Crippen LogP contribution in [-0.2, 0) is 4.79 Å². The molecule has 1 amide bonds. The molecular weight excluding hydrogens is 244 g/mol. The number of aliphatic carboxylic acids is 1. The smallest absolute Gasteiger partial charge is 0.308 e. The fraction of sp³-hybridized carbons (Fsp3) is 0.429. The molecule has 1 aliphatic heterocycles. The average Bonchev–Trinajstić information content (AvgIpc) is 2.74. The van der Waals surface area contributed by atoms with Gasteiger partial charge in [-0.3, -0.25) is 9.59 Å². The lowest BCUT2D eigenvalue weighted by atomic mass is 9.99. The van der Waals surface area contributed by atoms with Crippen LogP contribution in [0.5, 0.6) is 0 Å². The molecule has 2 rings (SSSR count). The number of rotatable bonds is 2. The molecule has 0 spiro atoms. The summed E-state index contributed by atoms with van der Waals surface area (Å²) in [5.74, 6) is -1.50. The fourth-order valence-corrected chi connectivity index (χ4v) is 2.41. The van der Waals surface area contributed by atoms with Gasteiger partial charge in [0.1, 0.15) is 0 Å². The molecule has 1 aromatic rings. The molecule has 1 saturated heterocycles. The van der Waals surface area contributed by atoms with Gasteiger partial charge in [0, 0.05) is 24.3 Å². The number of nitrogens with zero attached hydrogens (tertiary/aromatic N) is 1. The highest BCUT2D eigenvalue weighted by Gasteiger charge is 2.37. The van der Waals surface area contributed by atoms with Crippen LogP contribution in [0.25, 0.3) is 0 Å². The Morgan fingerprint density at radius 1 is 1.37 bits per heavy atom. The Hall–Kier alpha value is -2.04. The Morgan fingerprint density at radius 3 is 2.58 bits per heavy atom. The predicted molar refractivity (Wildman–Crippen MR) is 71.8 cm³/mol. The summed E-state index contributed by atoms with van der Waals surface area (Å²) in [7, 11) is 0. The van der Waals surface area contributed by atoms with Gasteiger partial charge in [-0.25, -0.2) is 0 Å². The van der Waals surface area contributed by atoms with Gasteiger partial charge in [0.15, 0.2) is 0 Å². The van der Waals surface area contributed by atoms with Crippen molar-refractivity contribution in [2.24, 2.45) is 11.8 Å². The van der Waals surface area contributed by atoms with Crippen molar-refractivity contribution in [3.63, 3.8) is 0 Å². The normalized spacial score (nSPS) is 22.5. The molecule has 1 fully saturated rings. The number of carboxylic acids is 1. The lowest BCUT2D eigenvalue weighted by Crippen LogP contribution is -2.30. The standard InChI is InChI=1S/C14H18N2O3/c1-8-3-4-10(5-12(8)15)13(17)16-6-9(2)11(7-16)14(18)19/h3-5,9,11H,6-7,15H2,1-2H3,(H,18,19)/t9-,11-/m1/s1. The Bertz CT molecular complexity index is 527. The number of hydrogen-bond acceptors (Lipinski definition) is 3. The summed E-state index contributed by atoms with van der Waals surface area (Å²) in [6.07, 6.45) is 0. The first-order valence-corrected chi connectivity index (χ1v) is 6.28. The van der Waals surface area contributed by atoms with Crippen LogP contribution in [0.3, 0.4) is 0 Å². The largest absolute Gasteiger partial charge is 0.481 e. The molecule has 0 aromatic heterocycles. The highest BCUT2D eigenvalue weighted by molar-refractivity contribution is 5.95. The van der Waals surface area contributed by atoms with Crippen LogP contribution in [0.2, 0.25) is 0 Å². The van der Waals surface area contributed by atoms with Crippen LogP contribution in [-0.4, -0.2) is 35.0 Å². The second kappa shape index (κ2) is 4.91. The number of benzene rings is 1. The second-order valence-electron chi connectivity index (χ2n) is 5.20. The van der Waals surface area contributed by atoms with Crippen molar-refractivity contribution in [2.75, 3.05) is 18.8 Å². The minimum atomic E-state index is -0.841. The van der Waals surface area contributed by atoms with Gasteiger partial charge in [-0.1, -0.05) is 13.0 Å². The second-order valence-corrected chi connectivity index (χ2v) is 5.20. The van der Waals surface area contributed by atoms with Gasteiger partial charge >= 0.3 is 5.97 Å². The monoisotopic (exact) mass is 262 g/mol. The van der Waals surface area contributed by atoms with E-state index in [-0.39, 0.29) is 18.4 Å². The third-order valence-corrected chi connectivity index (χ3v) is 3.74. The topological polar surface area (TPSA) is 83.6 Å². The lowest BCUT2D eigenvalue weighted by Gasteiger charge is -2.16. The zero-order valence-electron chi connectivity index (χ0n) is 11.1. The fourth-order valence-electron chi connectivity index (χ4n) is 2.41. The van der Waals surface area contributed by atoms with E-state index in [4.69, 9.17) is 10.8 Å². The number of nitrogen functional groups attached to an aromatic ring is 1. The van der Waals surface area contributed by atoms with Crippen molar-refractivity contribution in [3.05, 3.63) is 29.3 Å². The molecule has 0 unspecified atom stereocenters. The number of carbonyl (C=O) groups is 2. The molecule has 5 nitrogen and oxygen atoms in total. The Balaban J connectivity index is 2.17. The quantitative estimate of drug-likeness (QED) is 0.788. The van der Waals surface area contributed by atoms with E-state index in [2.05, 4.69) is 0 Å². The van der Waals surface area contributed by atoms with E-state index in [0.29, 0.717) is 17.8 Å². The number of amides is 1.